The van der Waals surface area contributed by atoms with Crippen molar-refractivity contribution in [2.45, 2.75) is 12.2 Å². The lowest BCUT2D eigenvalue weighted by molar-refractivity contribution is 0.977. The number of nitrogens with zero attached hydrogens (tertiary/aromatic N) is 1. The van der Waals surface area contributed by atoms with Gasteiger partial charge >= 0.3 is 0 Å². The van der Waals surface area contributed by atoms with Gasteiger partial charge in [0.05, 0.1) is 6.54 Å². The normalized spacial score (nSPS) is 30.6. The fourth-order valence-corrected chi connectivity index (χ4v) is 1.60. The van der Waals surface area contributed by atoms with E-state index in [0.29, 0.717) is 9.75 Å². The van der Waals surface area contributed by atoms with Crippen molar-refractivity contribution in [2.24, 2.45) is 4.99 Å². The molecule has 40 valence electrons. The van der Waals surface area contributed by atoms with Crippen LogP contribution in [-0.2, 0) is 0 Å². The van der Waals surface area contributed by atoms with Gasteiger partial charge in [0.15, 0.2) is 4.50 Å². The van der Waals surface area contributed by atoms with E-state index >= 15 is 0 Å². The van der Waals surface area contributed by atoms with E-state index in [0.717, 1.165) is 6.54 Å². The molecule has 1 heterocycles. The molecule has 0 fully saturated rings. The molecule has 0 radical (unpaired) electrons. The van der Waals surface area contributed by atoms with Gasteiger partial charge in [-0.2, -0.15) is 0 Å². The topological polar surface area (TPSA) is 12.4 Å². The molecular weight excluding hydrogens is 130 g/mol. The highest BCUT2D eigenvalue weighted by atomic mass is 35.5. The zero-order valence-corrected chi connectivity index (χ0v) is 5.59. The van der Waals surface area contributed by atoms with Crippen LogP contribution in [0.25, 0.3) is 0 Å². The van der Waals surface area contributed by atoms with Gasteiger partial charge in [-0.3, -0.25) is 4.99 Å². The molecule has 0 saturated carbocycles. The molecule has 0 unspecified atom stereocenters. The Morgan fingerprint density at radius 2 is 2.71 bits per heavy atom. The number of hydrogen-bond donors (Lipinski definition) is 0. The first-order valence-electron chi connectivity index (χ1n) is 2.15. The molecule has 0 spiro atoms. The van der Waals surface area contributed by atoms with Crippen LogP contribution in [0.1, 0.15) is 6.92 Å². The average Bonchev–Trinajstić information content (AvgIpc) is 1.87. The molecule has 0 aliphatic carbocycles. The Balaban J connectivity index is 2.42. The minimum Gasteiger partial charge on any atom is -0.266 e. The van der Waals surface area contributed by atoms with Crippen molar-refractivity contribution in [1.82, 2.24) is 0 Å². The van der Waals surface area contributed by atoms with Crippen molar-refractivity contribution in [1.29, 1.82) is 0 Å². The maximum atomic E-state index is 5.52. The van der Waals surface area contributed by atoms with E-state index in [9.17, 15) is 0 Å². The summed E-state index contributed by atoms with van der Waals surface area (Å²) in [6.45, 7) is 3.01. The lowest BCUT2D eigenvalue weighted by Crippen LogP contribution is -1.91. The second-order valence-electron chi connectivity index (χ2n) is 1.52. The van der Waals surface area contributed by atoms with Crippen molar-refractivity contribution in [3.63, 3.8) is 0 Å². The summed E-state index contributed by atoms with van der Waals surface area (Å²) in [6.07, 6.45) is 0. The van der Waals surface area contributed by atoms with E-state index in [1.165, 1.54) is 0 Å². The molecule has 0 saturated heterocycles. The highest BCUT2D eigenvalue weighted by Crippen LogP contribution is 2.21. The first-order chi connectivity index (χ1) is 3.29. The Hall–Kier alpha value is 0.310. The molecule has 0 aromatic carbocycles. The standard InChI is InChI=1S/C4H6ClNS/c1-3-2-6-4(5)7-3/h3H,2H2,1H3/t3-/m0/s1. The number of hydrogen-bond acceptors (Lipinski definition) is 2. The van der Waals surface area contributed by atoms with E-state index in [1.807, 2.05) is 0 Å². The second kappa shape index (κ2) is 2.05. The monoisotopic (exact) mass is 135 g/mol. The number of thioether (sulfide) groups is 1. The van der Waals surface area contributed by atoms with Crippen molar-refractivity contribution in [2.75, 3.05) is 6.54 Å². The molecule has 1 nitrogen and oxygen atoms in total. The van der Waals surface area contributed by atoms with Crippen LogP contribution in [0, 0.1) is 0 Å². The third-order valence-electron chi connectivity index (χ3n) is 0.771. The molecule has 0 aromatic heterocycles. The van der Waals surface area contributed by atoms with E-state index in [-0.39, 0.29) is 0 Å². The fourth-order valence-electron chi connectivity index (χ4n) is 0.441. The molecule has 0 amide bonds. The largest absolute Gasteiger partial charge is 0.266 e. The van der Waals surface area contributed by atoms with Gasteiger partial charge < -0.3 is 0 Å². The van der Waals surface area contributed by atoms with Gasteiger partial charge in [-0.15, -0.1) is 0 Å². The van der Waals surface area contributed by atoms with E-state index < -0.39 is 0 Å². The first kappa shape index (κ1) is 5.45. The molecule has 3 heteroatoms. The van der Waals surface area contributed by atoms with Gasteiger partial charge in [0.2, 0.25) is 0 Å². The SMILES string of the molecule is C[C@H]1CN=C(Cl)S1. The Bertz CT molecular complexity index is 102. The molecule has 1 aliphatic rings. The fraction of sp³-hybridized carbons (Fsp3) is 0.750. The number of rotatable bonds is 0. The zero-order chi connectivity index (χ0) is 5.28. The molecule has 0 bridgehead atoms. The van der Waals surface area contributed by atoms with Gasteiger partial charge in [0.1, 0.15) is 0 Å². The summed E-state index contributed by atoms with van der Waals surface area (Å²) < 4.78 is 0.715. The van der Waals surface area contributed by atoms with Crippen LogP contribution in [0.5, 0.6) is 0 Å². The van der Waals surface area contributed by atoms with E-state index in [2.05, 4.69) is 11.9 Å². The maximum Gasteiger partial charge on any atom is 0.158 e. The minimum atomic E-state index is 0.604. The lowest BCUT2D eigenvalue weighted by atomic mass is 10.5. The minimum absolute atomic E-state index is 0.604. The maximum absolute atomic E-state index is 5.52. The predicted molar refractivity (Wildman–Crippen MR) is 35.2 cm³/mol. The number of aliphatic imine (C=N–C) groups is 1. The molecule has 7 heavy (non-hydrogen) atoms. The summed E-state index contributed by atoms with van der Waals surface area (Å²) in [5.74, 6) is 0. The molecular formula is C4H6ClNS. The Morgan fingerprint density at radius 3 is 2.86 bits per heavy atom. The van der Waals surface area contributed by atoms with Crippen LogP contribution in [0.4, 0.5) is 0 Å². The summed E-state index contributed by atoms with van der Waals surface area (Å²) in [5.41, 5.74) is 0. The molecule has 0 aromatic rings. The van der Waals surface area contributed by atoms with Crippen LogP contribution >= 0.6 is 23.4 Å². The summed E-state index contributed by atoms with van der Waals surface area (Å²) in [5, 5.41) is 0.604. The van der Waals surface area contributed by atoms with E-state index in [4.69, 9.17) is 11.6 Å². The van der Waals surface area contributed by atoms with Gasteiger partial charge in [-0.1, -0.05) is 30.3 Å². The first-order valence-corrected chi connectivity index (χ1v) is 3.41. The Morgan fingerprint density at radius 1 is 2.00 bits per heavy atom. The van der Waals surface area contributed by atoms with Crippen LogP contribution in [0.15, 0.2) is 4.99 Å². The summed E-state index contributed by atoms with van der Waals surface area (Å²) in [6, 6.07) is 0. The molecule has 1 aliphatic heterocycles. The Labute approximate surface area is 52.1 Å². The predicted octanol–water partition coefficient (Wildman–Crippen LogP) is 1.72. The summed E-state index contributed by atoms with van der Waals surface area (Å²) in [7, 11) is 0. The summed E-state index contributed by atoms with van der Waals surface area (Å²) >= 11 is 7.16. The van der Waals surface area contributed by atoms with Crippen molar-refractivity contribution in [3.05, 3.63) is 0 Å². The molecule has 0 N–H and O–H groups in total. The summed E-state index contributed by atoms with van der Waals surface area (Å²) in [4.78, 5) is 3.96. The highest BCUT2D eigenvalue weighted by molar-refractivity contribution is 8.17. The molecule has 1 rings (SSSR count). The smallest absolute Gasteiger partial charge is 0.158 e. The average molecular weight is 136 g/mol. The van der Waals surface area contributed by atoms with Crippen molar-refractivity contribution < 1.29 is 0 Å². The Kier molecular flexibility index (Phi) is 1.60. The quantitative estimate of drug-likeness (QED) is 0.493. The van der Waals surface area contributed by atoms with Crippen molar-refractivity contribution in [3.8, 4) is 0 Å². The van der Waals surface area contributed by atoms with Gasteiger partial charge in [0.25, 0.3) is 0 Å². The zero-order valence-electron chi connectivity index (χ0n) is 4.02. The third-order valence-corrected chi connectivity index (χ3v) is 2.03. The lowest BCUT2D eigenvalue weighted by Gasteiger charge is -1.90. The molecule has 1 atom stereocenters. The van der Waals surface area contributed by atoms with Gasteiger partial charge in [-0.25, -0.2) is 0 Å². The van der Waals surface area contributed by atoms with Crippen LogP contribution in [0.3, 0.4) is 0 Å². The van der Waals surface area contributed by atoms with Gasteiger partial charge in [-0.05, 0) is 0 Å². The van der Waals surface area contributed by atoms with Crippen molar-refractivity contribution >= 4 is 27.9 Å². The van der Waals surface area contributed by atoms with Crippen LogP contribution < -0.4 is 0 Å². The van der Waals surface area contributed by atoms with Gasteiger partial charge in [0, 0.05) is 5.25 Å². The third kappa shape index (κ3) is 1.35. The van der Waals surface area contributed by atoms with E-state index in [1.54, 1.807) is 11.8 Å². The highest BCUT2D eigenvalue weighted by Gasteiger charge is 2.11. The number of halogens is 1. The van der Waals surface area contributed by atoms with Crippen LogP contribution in [0.2, 0.25) is 0 Å². The second-order valence-corrected chi connectivity index (χ2v) is 3.53. The van der Waals surface area contributed by atoms with Crippen LogP contribution in [-0.4, -0.2) is 16.3 Å².